The summed E-state index contributed by atoms with van der Waals surface area (Å²) in [4.78, 5) is 2.54. The lowest BCUT2D eigenvalue weighted by Gasteiger charge is -2.25. The smallest absolute Gasteiger partial charge is 0.0602 e. The third-order valence-corrected chi connectivity index (χ3v) is 4.97. The molecule has 110 valence electrons. The Hall–Kier alpha value is -1.18. The molecule has 0 radical (unpaired) electrons. The number of para-hydroxylation sites is 2. The molecule has 20 heavy (non-hydrogen) atoms. The summed E-state index contributed by atoms with van der Waals surface area (Å²) >= 11 is 0. The quantitative estimate of drug-likeness (QED) is 0.805. The van der Waals surface area contributed by atoms with Crippen molar-refractivity contribution in [2.24, 2.45) is 5.92 Å². The summed E-state index contributed by atoms with van der Waals surface area (Å²) in [6, 6.07) is 9.56. The number of anilines is 2. The SMILES string of the molecule is CC1CCCC(Nc2ccccc2N2CCCC2)CC1. The predicted octanol–water partition coefficient (Wildman–Crippen LogP) is 4.67. The topological polar surface area (TPSA) is 15.3 Å². The molecule has 1 aliphatic heterocycles. The Morgan fingerprint density at radius 3 is 2.60 bits per heavy atom. The molecule has 3 rings (SSSR count). The second kappa shape index (κ2) is 6.51. The number of hydrogen-bond donors (Lipinski definition) is 1. The van der Waals surface area contributed by atoms with Gasteiger partial charge in [-0.25, -0.2) is 0 Å². The third-order valence-electron chi connectivity index (χ3n) is 4.97. The van der Waals surface area contributed by atoms with Crippen LogP contribution in [0.1, 0.15) is 51.9 Å². The second-order valence-electron chi connectivity index (χ2n) is 6.67. The van der Waals surface area contributed by atoms with Crippen LogP contribution in [-0.2, 0) is 0 Å². The Kier molecular flexibility index (Phi) is 4.49. The molecule has 2 aliphatic rings. The number of rotatable bonds is 3. The van der Waals surface area contributed by atoms with Gasteiger partial charge in [0.2, 0.25) is 0 Å². The average molecular weight is 272 g/mol. The molecular weight excluding hydrogens is 244 g/mol. The van der Waals surface area contributed by atoms with Crippen LogP contribution in [0.15, 0.2) is 24.3 Å². The molecule has 0 spiro atoms. The van der Waals surface area contributed by atoms with Crippen molar-refractivity contribution in [3.05, 3.63) is 24.3 Å². The summed E-state index contributed by atoms with van der Waals surface area (Å²) in [5.41, 5.74) is 2.77. The van der Waals surface area contributed by atoms with Gasteiger partial charge in [-0.2, -0.15) is 0 Å². The van der Waals surface area contributed by atoms with E-state index in [1.54, 1.807) is 0 Å². The Bertz CT molecular complexity index is 423. The second-order valence-corrected chi connectivity index (χ2v) is 6.67. The highest BCUT2D eigenvalue weighted by molar-refractivity contribution is 5.70. The zero-order valence-corrected chi connectivity index (χ0v) is 12.8. The fraction of sp³-hybridized carbons (Fsp3) is 0.667. The summed E-state index contributed by atoms with van der Waals surface area (Å²) in [5, 5.41) is 3.85. The van der Waals surface area contributed by atoms with E-state index in [2.05, 4.69) is 41.4 Å². The number of hydrogen-bond acceptors (Lipinski definition) is 2. The average Bonchev–Trinajstić information content (AvgIpc) is 2.91. The minimum Gasteiger partial charge on any atom is -0.381 e. The Morgan fingerprint density at radius 1 is 0.950 bits per heavy atom. The third kappa shape index (κ3) is 3.28. The molecule has 2 heteroatoms. The highest BCUT2D eigenvalue weighted by atomic mass is 15.2. The van der Waals surface area contributed by atoms with Crippen LogP contribution >= 0.6 is 0 Å². The predicted molar refractivity (Wildman–Crippen MR) is 87.5 cm³/mol. The lowest BCUT2D eigenvalue weighted by molar-refractivity contribution is 0.502. The van der Waals surface area contributed by atoms with Crippen LogP contribution in [0.3, 0.4) is 0 Å². The lowest BCUT2D eigenvalue weighted by Crippen LogP contribution is -2.23. The highest BCUT2D eigenvalue weighted by Crippen LogP contribution is 2.31. The van der Waals surface area contributed by atoms with Gasteiger partial charge in [-0.3, -0.25) is 0 Å². The Labute approximate surface area is 123 Å². The number of benzene rings is 1. The van der Waals surface area contributed by atoms with E-state index in [1.165, 1.54) is 69.4 Å². The molecule has 1 aromatic rings. The van der Waals surface area contributed by atoms with Crippen molar-refractivity contribution in [3.63, 3.8) is 0 Å². The fourth-order valence-corrected chi connectivity index (χ4v) is 3.68. The molecule has 0 bridgehead atoms. The van der Waals surface area contributed by atoms with Crippen LogP contribution in [0.5, 0.6) is 0 Å². The van der Waals surface area contributed by atoms with Gasteiger partial charge in [-0.05, 0) is 50.2 Å². The van der Waals surface area contributed by atoms with Crippen LogP contribution in [-0.4, -0.2) is 19.1 Å². The molecule has 0 amide bonds. The van der Waals surface area contributed by atoms with Gasteiger partial charge >= 0.3 is 0 Å². The van der Waals surface area contributed by atoms with Crippen LogP contribution in [0, 0.1) is 5.92 Å². The minimum atomic E-state index is 0.670. The van der Waals surface area contributed by atoms with Gasteiger partial charge < -0.3 is 10.2 Å². The van der Waals surface area contributed by atoms with Crippen molar-refractivity contribution < 1.29 is 0 Å². The van der Waals surface area contributed by atoms with E-state index in [9.17, 15) is 0 Å². The lowest BCUT2D eigenvalue weighted by atomic mass is 10.0. The van der Waals surface area contributed by atoms with Crippen molar-refractivity contribution in [1.29, 1.82) is 0 Å². The summed E-state index contributed by atoms with van der Waals surface area (Å²) in [6.07, 6.45) is 9.51. The zero-order chi connectivity index (χ0) is 13.8. The Balaban J connectivity index is 1.70. The van der Waals surface area contributed by atoms with Crippen molar-refractivity contribution in [2.75, 3.05) is 23.3 Å². The molecule has 1 saturated carbocycles. The Morgan fingerprint density at radius 2 is 1.75 bits per heavy atom. The van der Waals surface area contributed by atoms with E-state index >= 15 is 0 Å². The number of nitrogens with one attached hydrogen (secondary N) is 1. The van der Waals surface area contributed by atoms with E-state index in [4.69, 9.17) is 0 Å². The summed E-state index contributed by atoms with van der Waals surface area (Å²) in [5.74, 6) is 0.913. The van der Waals surface area contributed by atoms with Crippen molar-refractivity contribution >= 4 is 11.4 Å². The van der Waals surface area contributed by atoms with E-state index < -0.39 is 0 Å². The van der Waals surface area contributed by atoms with E-state index in [0.717, 1.165) is 5.92 Å². The van der Waals surface area contributed by atoms with Crippen molar-refractivity contribution in [1.82, 2.24) is 0 Å². The minimum absolute atomic E-state index is 0.670. The molecule has 1 aliphatic carbocycles. The van der Waals surface area contributed by atoms with Gasteiger partial charge in [0.15, 0.2) is 0 Å². The van der Waals surface area contributed by atoms with Crippen molar-refractivity contribution in [2.45, 2.75) is 57.9 Å². The molecule has 1 saturated heterocycles. The van der Waals surface area contributed by atoms with E-state index in [-0.39, 0.29) is 0 Å². The first-order chi connectivity index (χ1) is 9.83. The van der Waals surface area contributed by atoms with Crippen LogP contribution < -0.4 is 10.2 Å². The van der Waals surface area contributed by atoms with Gasteiger partial charge in [0.25, 0.3) is 0 Å². The first-order valence-corrected chi connectivity index (χ1v) is 8.43. The molecule has 2 nitrogen and oxygen atoms in total. The number of nitrogens with zero attached hydrogens (tertiary/aromatic N) is 1. The summed E-state index contributed by atoms with van der Waals surface area (Å²) in [7, 11) is 0. The maximum atomic E-state index is 3.85. The standard InChI is InChI=1S/C18H28N2/c1-15-7-6-8-16(12-11-15)19-17-9-2-3-10-18(17)20-13-4-5-14-20/h2-3,9-10,15-16,19H,4-8,11-14H2,1H3. The molecule has 1 heterocycles. The fourth-order valence-electron chi connectivity index (χ4n) is 3.68. The maximum Gasteiger partial charge on any atom is 0.0602 e. The summed E-state index contributed by atoms with van der Waals surface area (Å²) < 4.78 is 0. The molecule has 1 N–H and O–H groups in total. The zero-order valence-electron chi connectivity index (χ0n) is 12.8. The largest absolute Gasteiger partial charge is 0.381 e. The monoisotopic (exact) mass is 272 g/mol. The maximum absolute atomic E-state index is 3.85. The summed E-state index contributed by atoms with van der Waals surface area (Å²) in [6.45, 7) is 4.85. The van der Waals surface area contributed by atoms with Gasteiger partial charge in [-0.15, -0.1) is 0 Å². The molecule has 2 unspecified atom stereocenters. The van der Waals surface area contributed by atoms with Crippen LogP contribution in [0.4, 0.5) is 11.4 Å². The normalized spacial score (nSPS) is 27.4. The molecule has 1 aromatic carbocycles. The van der Waals surface area contributed by atoms with Crippen molar-refractivity contribution in [3.8, 4) is 0 Å². The van der Waals surface area contributed by atoms with Crippen LogP contribution in [0.2, 0.25) is 0 Å². The van der Waals surface area contributed by atoms with Gasteiger partial charge in [-0.1, -0.05) is 31.9 Å². The molecule has 2 atom stereocenters. The first kappa shape index (κ1) is 13.8. The van der Waals surface area contributed by atoms with Gasteiger partial charge in [0.05, 0.1) is 11.4 Å². The van der Waals surface area contributed by atoms with Gasteiger partial charge in [0.1, 0.15) is 0 Å². The van der Waals surface area contributed by atoms with E-state index in [0.29, 0.717) is 6.04 Å². The molecule has 0 aromatic heterocycles. The molecular formula is C18H28N2. The highest BCUT2D eigenvalue weighted by Gasteiger charge is 2.19. The molecule has 2 fully saturated rings. The van der Waals surface area contributed by atoms with E-state index in [1.807, 2.05) is 0 Å². The van der Waals surface area contributed by atoms with Crippen LogP contribution in [0.25, 0.3) is 0 Å². The first-order valence-electron chi connectivity index (χ1n) is 8.43. The van der Waals surface area contributed by atoms with Gasteiger partial charge in [0, 0.05) is 19.1 Å².